The zero-order valence-electron chi connectivity index (χ0n) is 14.8. The van der Waals surface area contributed by atoms with Crippen LogP contribution in [-0.4, -0.2) is 28.4 Å². The van der Waals surface area contributed by atoms with Crippen LogP contribution in [0.25, 0.3) is 0 Å². The summed E-state index contributed by atoms with van der Waals surface area (Å²) in [6.45, 7) is 4.90. The molecule has 2 aromatic rings. The number of fused-ring (bicyclic) bond motifs is 1. The van der Waals surface area contributed by atoms with Crippen molar-refractivity contribution in [2.45, 2.75) is 46.1 Å². The SMILES string of the molecule is Cc1[nH]c(C(=O)OCC(=O)c2ccc3c(c2)CCC3)c(C)c1[C@H](C)O. The molecule has 1 aliphatic rings. The standard InChI is InChI=1S/C20H23NO4/c1-11-18(13(3)22)12(2)21-19(11)20(24)25-10-17(23)16-8-7-14-5-4-6-15(14)9-16/h7-9,13,21-22H,4-6,10H2,1-3H3/t13-/m0/s1. The van der Waals surface area contributed by atoms with E-state index in [-0.39, 0.29) is 18.1 Å². The normalized spacial score (nSPS) is 14.2. The number of hydrogen-bond acceptors (Lipinski definition) is 4. The first-order valence-corrected chi connectivity index (χ1v) is 8.57. The number of rotatable bonds is 5. The quantitative estimate of drug-likeness (QED) is 0.646. The molecule has 0 radical (unpaired) electrons. The van der Waals surface area contributed by atoms with Crippen molar-refractivity contribution in [3.05, 3.63) is 57.4 Å². The van der Waals surface area contributed by atoms with Crippen LogP contribution in [0.2, 0.25) is 0 Å². The molecule has 0 saturated carbocycles. The van der Waals surface area contributed by atoms with Crippen molar-refractivity contribution in [3.63, 3.8) is 0 Å². The Bertz CT molecular complexity index is 832. The number of benzene rings is 1. The largest absolute Gasteiger partial charge is 0.453 e. The minimum atomic E-state index is -0.675. The summed E-state index contributed by atoms with van der Waals surface area (Å²) in [5, 5.41) is 9.80. The molecule has 1 aliphatic carbocycles. The van der Waals surface area contributed by atoms with Gasteiger partial charge in [0.2, 0.25) is 0 Å². The number of aliphatic hydroxyl groups is 1. The van der Waals surface area contributed by atoms with Crippen molar-refractivity contribution >= 4 is 11.8 Å². The number of aromatic amines is 1. The number of Topliss-reactive ketones (excluding diaryl/α,β-unsaturated/α-hetero) is 1. The van der Waals surface area contributed by atoms with Gasteiger partial charge in [-0.25, -0.2) is 4.79 Å². The molecule has 25 heavy (non-hydrogen) atoms. The fraction of sp³-hybridized carbons (Fsp3) is 0.400. The molecular weight excluding hydrogens is 318 g/mol. The third-order valence-corrected chi connectivity index (χ3v) is 4.87. The third-order valence-electron chi connectivity index (χ3n) is 4.87. The molecule has 1 aromatic carbocycles. The maximum atomic E-state index is 12.3. The van der Waals surface area contributed by atoms with E-state index >= 15 is 0 Å². The van der Waals surface area contributed by atoms with E-state index in [4.69, 9.17) is 4.74 Å². The van der Waals surface area contributed by atoms with Crippen LogP contribution >= 0.6 is 0 Å². The number of aliphatic hydroxyl groups excluding tert-OH is 1. The van der Waals surface area contributed by atoms with E-state index in [9.17, 15) is 14.7 Å². The molecule has 0 aliphatic heterocycles. The molecule has 3 rings (SSSR count). The van der Waals surface area contributed by atoms with Crippen LogP contribution in [0.5, 0.6) is 0 Å². The number of carbonyl (C=O) groups is 2. The lowest BCUT2D eigenvalue weighted by Gasteiger charge is -2.07. The van der Waals surface area contributed by atoms with E-state index in [0.29, 0.717) is 16.7 Å². The van der Waals surface area contributed by atoms with Crippen molar-refractivity contribution in [3.8, 4) is 0 Å². The number of ketones is 1. The highest BCUT2D eigenvalue weighted by atomic mass is 16.5. The summed E-state index contributed by atoms with van der Waals surface area (Å²) in [4.78, 5) is 27.6. The number of esters is 1. The topological polar surface area (TPSA) is 79.4 Å². The van der Waals surface area contributed by atoms with Gasteiger partial charge in [-0.2, -0.15) is 0 Å². The van der Waals surface area contributed by atoms with Crippen LogP contribution in [0.3, 0.4) is 0 Å². The zero-order valence-corrected chi connectivity index (χ0v) is 14.8. The molecular formula is C20H23NO4. The minimum absolute atomic E-state index is 0.209. The van der Waals surface area contributed by atoms with E-state index in [2.05, 4.69) is 4.98 Å². The summed E-state index contributed by atoms with van der Waals surface area (Å²) in [6, 6.07) is 5.70. The molecule has 0 bridgehead atoms. The number of aromatic nitrogens is 1. The Morgan fingerprint density at radius 2 is 1.96 bits per heavy atom. The number of nitrogens with one attached hydrogen (secondary N) is 1. The molecule has 0 spiro atoms. The fourth-order valence-electron chi connectivity index (χ4n) is 3.63. The number of ether oxygens (including phenoxy) is 1. The summed E-state index contributed by atoms with van der Waals surface area (Å²) in [5.74, 6) is -0.790. The highest BCUT2D eigenvalue weighted by molar-refractivity contribution is 5.99. The van der Waals surface area contributed by atoms with Crippen LogP contribution in [-0.2, 0) is 17.6 Å². The second kappa shape index (κ2) is 6.84. The minimum Gasteiger partial charge on any atom is -0.453 e. The van der Waals surface area contributed by atoms with Gasteiger partial charge >= 0.3 is 5.97 Å². The summed E-state index contributed by atoms with van der Waals surface area (Å²) in [6.07, 6.45) is 2.51. The van der Waals surface area contributed by atoms with Crippen molar-refractivity contribution in [2.75, 3.05) is 6.61 Å². The number of aryl methyl sites for hydroxylation is 3. The van der Waals surface area contributed by atoms with Crippen molar-refractivity contribution in [1.82, 2.24) is 4.98 Å². The van der Waals surface area contributed by atoms with Gasteiger partial charge < -0.3 is 14.8 Å². The van der Waals surface area contributed by atoms with Crippen LogP contribution in [0, 0.1) is 13.8 Å². The Morgan fingerprint density at radius 3 is 2.64 bits per heavy atom. The first-order valence-electron chi connectivity index (χ1n) is 8.57. The Kier molecular flexibility index (Phi) is 4.77. The van der Waals surface area contributed by atoms with Gasteiger partial charge in [0.1, 0.15) is 5.69 Å². The lowest BCUT2D eigenvalue weighted by Crippen LogP contribution is -2.15. The summed E-state index contributed by atoms with van der Waals surface area (Å²) in [7, 11) is 0. The summed E-state index contributed by atoms with van der Waals surface area (Å²) >= 11 is 0. The Balaban J connectivity index is 1.68. The molecule has 0 fully saturated rings. The molecule has 0 amide bonds. The first kappa shape index (κ1) is 17.4. The van der Waals surface area contributed by atoms with Crippen LogP contribution in [0.15, 0.2) is 18.2 Å². The van der Waals surface area contributed by atoms with Gasteiger partial charge in [-0.05, 0) is 62.8 Å². The van der Waals surface area contributed by atoms with Crippen molar-refractivity contribution in [2.24, 2.45) is 0 Å². The van der Waals surface area contributed by atoms with E-state index < -0.39 is 12.1 Å². The van der Waals surface area contributed by atoms with Gasteiger partial charge in [-0.3, -0.25) is 4.79 Å². The molecule has 2 N–H and O–H groups in total. The van der Waals surface area contributed by atoms with Crippen LogP contribution in [0.4, 0.5) is 0 Å². The van der Waals surface area contributed by atoms with Gasteiger partial charge in [0.05, 0.1) is 6.10 Å². The van der Waals surface area contributed by atoms with Gasteiger partial charge in [0.15, 0.2) is 12.4 Å². The monoisotopic (exact) mass is 341 g/mol. The van der Waals surface area contributed by atoms with Crippen LogP contribution in [0.1, 0.15) is 68.2 Å². The molecule has 1 aromatic heterocycles. The number of hydrogen-bond donors (Lipinski definition) is 2. The average Bonchev–Trinajstić information content (AvgIpc) is 3.15. The predicted molar refractivity (Wildman–Crippen MR) is 94.0 cm³/mol. The Morgan fingerprint density at radius 1 is 1.24 bits per heavy atom. The smallest absolute Gasteiger partial charge is 0.355 e. The first-order chi connectivity index (χ1) is 11.9. The molecule has 5 nitrogen and oxygen atoms in total. The van der Waals surface area contributed by atoms with Gasteiger partial charge in [0.25, 0.3) is 0 Å². The average molecular weight is 341 g/mol. The Hall–Kier alpha value is -2.40. The van der Waals surface area contributed by atoms with Gasteiger partial charge in [-0.1, -0.05) is 12.1 Å². The molecule has 0 saturated heterocycles. The van der Waals surface area contributed by atoms with Crippen LogP contribution < -0.4 is 0 Å². The van der Waals surface area contributed by atoms with E-state index in [0.717, 1.165) is 25.0 Å². The predicted octanol–water partition coefficient (Wildman–Crippen LogP) is 3.21. The van der Waals surface area contributed by atoms with Crippen molar-refractivity contribution < 1.29 is 19.4 Å². The van der Waals surface area contributed by atoms with E-state index in [1.54, 1.807) is 26.8 Å². The molecule has 132 valence electrons. The Labute approximate surface area is 147 Å². The van der Waals surface area contributed by atoms with E-state index in [1.165, 1.54) is 11.1 Å². The lowest BCUT2D eigenvalue weighted by molar-refractivity contribution is 0.0468. The second-order valence-electron chi connectivity index (χ2n) is 6.68. The zero-order chi connectivity index (χ0) is 18.1. The molecule has 1 heterocycles. The molecule has 0 unspecified atom stereocenters. The van der Waals surface area contributed by atoms with E-state index in [1.807, 2.05) is 12.1 Å². The summed E-state index contributed by atoms with van der Waals surface area (Å²) in [5.41, 5.74) is 5.46. The van der Waals surface area contributed by atoms with Crippen molar-refractivity contribution in [1.29, 1.82) is 0 Å². The highest BCUT2D eigenvalue weighted by Gasteiger charge is 2.22. The number of carbonyl (C=O) groups excluding carboxylic acids is 2. The highest BCUT2D eigenvalue weighted by Crippen LogP contribution is 2.25. The maximum Gasteiger partial charge on any atom is 0.355 e. The summed E-state index contributed by atoms with van der Waals surface area (Å²) < 4.78 is 5.19. The molecule has 5 heteroatoms. The third kappa shape index (κ3) is 3.37. The maximum absolute atomic E-state index is 12.3. The second-order valence-corrected chi connectivity index (χ2v) is 6.68. The van der Waals surface area contributed by atoms with Gasteiger partial charge in [-0.15, -0.1) is 0 Å². The number of H-pyrrole nitrogens is 1. The molecule has 1 atom stereocenters. The lowest BCUT2D eigenvalue weighted by atomic mass is 10.0. The fourth-order valence-corrected chi connectivity index (χ4v) is 3.63. The van der Waals surface area contributed by atoms with Gasteiger partial charge in [0, 0.05) is 16.8 Å².